The van der Waals surface area contributed by atoms with Crippen LogP contribution >= 0.6 is 0 Å². The Hall–Kier alpha value is -3.03. The summed E-state index contributed by atoms with van der Waals surface area (Å²) in [5, 5.41) is 6.66. The molecule has 0 radical (unpaired) electrons. The van der Waals surface area contributed by atoms with Crippen LogP contribution in [0.25, 0.3) is 0 Å². The molecule has 2 aliphatic rings. The molecule has 2 aliphatic heterocycles. The van der Waals surface area contributed by atoms with Crippen molar-refractivity contribution >= 4 is 11.6 Å². The van der Waals surface area contributed by atoms with Gasteiger partial charge in [-0.3, -0.25) is 4.99 Å². The summed E-state index contributed by atoms with van der Waals surface area (Å²) in [4.78, 5) is 6.82. The largest absolute Gasteiger partial charge is 0.454 e. The van der Waals surface area contributed by atoms with Gasteiger partial charge in [0.1, 0.15) is 0 Å². The molecule has 4 rings (SSSR count). The molecule has 1 fully saturated rings. The lowest BCUT2D eigenvalue weighted by atomic mass is 10.1. The van der Waals surface area contributed by atoms with Crippen LogP contribution in [0.3, 0.4) is 0 Å². The molecule has 0 aromatic heterocycles. The zero-order valence-corrected chi connectivity index (χ0v) is 17.7. The average Bonchev–Trinajstić information content (AvgIpc) is 3.43. The van der Waals surface area contributed by atoms with Gasteiger partial charge in [-0.1, -0.05) is 6.07 Å². The minimum atomic E-state index is -0.814. The lowest BCUT2D eigenvalue weighted by Crippen LogP contribution is -2.38. The van der Waals surface area contributed by atoms with Crippen molar-refractivity contribution in [2.24, 2.45) is 10.9 Å². The number of nitrogens with one attached hydrogen (secondary N) is 2. The highest BCUT2D eigenvalue weighted by atomic mass is 19.2. The third-order valence-electron chi connectivity index (χ3n) is 5.55. The zero-order valence-electron chi connectivity index (χ0n) is 17.7. The first-order chi connectivity index (χ1) is 15.1. The summed E-state index contributed by atoms with van der Waals surface area (Å²) in [6.07, 6.45) is 1.81. The third kappa shape index (κ3) is 5.37. The van der Waals surface area contributed by atoms with E-state index >= 15 is 0 Å². The number of hydrogen-bond acceptors (Lipinski definition) is 4. The molecule has 2 heterocycles. The molecule has 31 heavy (non-hydrogen) atoms. The Balaban J connectivity index is 1.27. The standard InChI is InChI=1S/C23H28F2N4O2/c1-2-26-23(27-9-7-16-3-6-21-22(11-16)31-15-30-21)28-13-17-8-10-29(14-17)18-4-5-19(24)20(25)12-18/h3-6,11-12,17H,2,7-10,13-15H2,1H3,(H2,26,27,28). The number of anilines is 1. The van der Waals surface area contributed by atoms with Gasteiger partial charge in [-0.15, -0.1) is 0 Å². The van der Waals surface area contributed by atoms with Crippen molar-refractivity contribution in [1.29, 1.82) is 0 Å². The fourth-order valence-electron chi connectivity index (χ4n) is 3.88. The monoisotopic (exact) mass is 430 g/mol. The van der Waals surface area contributed by atoms with Crippen LogP contribution < -0.4 is 25.0 Å². The molecule has 1 atom stereocenters. The summed E-state index contributed by atoms with van der Waals surface area (Å²) in [5.74, 6) is 1.13. The van der Waals surface area contributed by atoms with E-state index in [9.17, 15) is 8.78 Å². The van der Waals surface area contributed by atoms with Gasteiger partial charge in [0.15, 0.2) is 29.1 Å². The first-order valence-corrected chi connectivity index (χ1v) is 10.7. The molecule has 8 heteroatoms. The number of benzene rings is 2. The molecule has 0 amide bonds. The molecule has 6 nitrogen and oxygen atoms in total. The number of aliphatic imine (C=N–C) groups is 1. The Morgan fingerprint density at radius 2 is 1.97 bits per heavy atom. The second-order valence-electron chi connectivity index (χ2n) is 7.78. The first-order valence-electron chi connectivity index (χ1n) is 10.7. The molecule has 2 aromatic carbocycles. The first kappa shape index (κ1) is 21.2. The number of guanidine groups is 1. The van der Waals surface area contributed by atoms with Crippen molar-refractivity contribution in [3.05, 3.63) is 53.6 Å². The lowest BCUT2D eigenvalue weighted by molar-refractivity contribution is 0.174. The highest BCUT2D eigenvalue weighted by molar-refractivity contribution is 5.79. The topological polar surface area (TPSA) is 58.1 Å². The van der Waals surface area contributed by atoms with Gasteiger partial charge < -0.3 is 25.0 Å². The van der Waals surface area contributed by atoms with Crippen molar-refractivity contribution < 1.29 is 18.3 Å². The normalized spacial score (nSPS) is 17.8. The summed E-state index contributed by atoms with van der Waals surface area (Å²) >= 11 is 0. The highest BCUT2D eigenvalue weighted by Crippen LogP contribution is 2.32. The van der Waals surface area contributed by atoms with E-state index in [-0.39, 0.29) is 6.79 Å². The van der Waals surface area contributed by atoms with Gasteiger partial charge in [-0.05, 0) is 55.5 Å². The summed E-state index contributed by atoms with van der Waals surface area (Å²) < 4.78 is 37.5. The SMILES string of the molecule is CCNC(=NCC1CCN(c2ccc(F)c(F)c2)C1)NCCc1ccc2c(c1)OCO2. The van der Waals surface area contributed by atoms with Crippen molar-refractivity contribution in [1.82, 2.24) is 10.6 Å². The van der Waals surface area contributed by atoms with E-state index in [0.29, 0.717) is 12.5 Å². The minimum absolute atomic E-state index is 0.281. The number of hydrogen-bond donors (Lipinski definition) is 2. The van der Waals surface area contributed by atoms with E-state index in [1.54, 1.807) is 6.07 Å². The number of rotatable bonds is 7. The van der Waals surface area contributed by atoms with Crippen molar-refractivity contribution in [2.45, 2.75) is 19.8 Å². The Bertz CT molecular complexity index is 938. The molecule has 2 aromatic rings. The average molecular weight is 430 g/mol. The summed E-state index contributed by atoms with van der Waals surface area (Å²) in [6, 6.07) is 10.1. The molecular formula is C23H28F2N4O2. The van der Waals surface area contributed by atoms with Crippen LogP contribution in [0.5, 0.6) is 11.5 Å². The van der Waals surface area contributed by atoms with Gasteiger partial charge in [0.25, 0.3) is 0 Å². The zero-order chi connectivity index (χ0) is 21.6. The molecule has 1 saturated heterocycles. The number of nitrogens with zero attached hydrogens (tertiary/aromatic N) is 2. The maximum atomic E-state index is 13.5. The number of ether oxygens (including phenoxy) is 2. The molecule has 2 N–H and O–H groups in total. The summed E-state index contributed by atoms with van der Waals surface area (Å²) in [5.41, 5.74) is 1.89. The second-order valence-corrected chi connectivity index (χ2v) is 7.78. The Labute approximate surface area is 181 Å². The van der Waals surface area contributed by atoms with E-state index < -0.39 is 11.6 Å². The van der Waals surface area contributed by atoms with Crippen LogP contribution in [-0.4, -0.2) is 45.5 Å². The molecule has 0 aliphatic carbocycles. The van der Waals surface area contributed by atoms with Crippen LogP contribution in [0.1, 0.15) is 18.9 Å². The van der Waals surface area contributed by atoms with Gasteiger partial charge in [0, 0.05) is 44.5 Å². The quantitative estimate of drug-likeness (QED) is 0.521. The Morgan fingerprint density at radius 1 is 1.10 bits per heavy atom. The number of halogens is 2. The minimum Gasteiger partial charge on any atom is -0.454 e. The second kappa shape index (κ2) is 9.85. The van der Waals surface area contributed by atoms with E-state index in [1.807, 2.05) is 25.1 Å². The van der Waals surface area contributed by atoms with Gasteiger partial charge in [-0.2, -0.15) is 0 Å². The molecule has 0 saturated carbocycles. The van der Waals surface area contributed by atoms with E-state index in [1.165, 1.54) is 17.7 Å². The highest BCUT2D eigenvalue weighted by Gasteiger charge is 2.23. The Kier molecular flexibility index (Phi) is 6.74. The van der Waals surface area contributed by atoms with Crippen molar-refractivity contribution in [3.8, 4) is 11.5 Å². The van der Waals surface area contributed by atoms with E-state index in [4.69, 9.17) is 14.5 Å². The predicted octanol–water partition coefficient (Wildman–Crippen LogP) is 3.32. The van der Waals surface area contributed by atoms with Crippen LogP contribution in [0, 0.1) is 17.6 Å². The fraction of sp³-hybridized carbons (Fsp3) is 0.435. The Morgan fingerprint density at radius 3 is 2.81 bits per heavy atom. The van der Waals surface area contributed by atoms with E-state index in [2.05, 4.69) is 15.5 Å². The third-order valence-corrected chi connectivity index (χ3v) is 5.55. The van der Waals surface area contributed by atoms with Crippen LogP contribution in [0.2, 0.25) is 0 Å². The molecule has 166 valence electrons. The van der Waals surface area contributed by atoms with Gasteiger partial charge in [0.05, 0.1) is 0 Å². The maximum Gasteiger partial charge on any atom is 0.231 e. The summed E-state index contributed by atoms with van der Waals surface area (Å²) in [7, 11) is 0. The number of fused-ring (bicyclic) bond motifs is 1. The summed E-state index contributed by atoms with van der Waals surface area (Å²) in [6.45, 7) is 6.13. The van der Waals surface area contributed by atoms with Crippen molar-refractivity contribution in [3.63, 3.8) is 0 Å². The van der Waals surface area contributed by atoms with Crippen LogP contribution in [0.4, 0.5) is 14.5 Å². The fourth-order valence-corrected chi connectivity index (χ4v) is 3.88. The van der Waals surface area contributed by atoms with Crippen LogP contribution in [0.15, 0.2) is 41.4 Å². The smallest absolute Gasteiger partial charge is 0.231 e. The predicted molar refractivity (Wildman–Crippen MR) is 117 cm³/mol. The van der Waals surface area contributed by atoms with E-state index in [0.717, 1.165) is 62.2 Å². The maximum absolute atomic E-state index is 13.5. The van der Waals surface area contributed by atoms with Crippen molar-refractivity contribution in [2.75, 3.05) is 44.4 Å². The van der Waals surface area contributed by atoms with Gasteiger partial charge in [0.2, 0.25) is 6.79 Å². The lowest BCUT2D eigenvalue weighted by Gasteiger charge is -2.18. The molecule has 0 bridgehead atoms. The molecule has 0 spiro atoms. The van der Waals surface area contributed by atoms with Crippen LogP contribution in [-0.2, 0) is 6.42 Å². The molecular weight excluding hydrogens is 402 g/mol. The van der Waals surface area contributed by atoms with Gasteiger partial charge in [-0.25, -0.2) is 8.78 Å². The molecule has 1 unspecified atom stereocenters. The van der Waals surface area contributed by atoms with Gasteiger partial charge >= 0.3 is 0 Å².